The van der Waals surface area contributed by atoms with Crippen LogP contribution in [-0.2, 0) is 17.9 Å². The number of para-hydroxylation sites is 4. The number of hydrogen-bond donors (Lipinski definition) is 0. The Morgan fingerprint density at radius 3 is 1.00 bits per heavy atom. The van der Waals surface area contributed by atoms with Crippen LogP contribution in [0.3, 0.4) is 0 Å². The van der Waals surface area contributed by atoms with Crippen molar-refractivity contribution in [3.05, 3.63) is 241 Å². The first kappa shape index (κ1) is 43.8. The summed E-state index contributed by atoms with van der Waals surface area (Å²) in [6.45, 7) is 9.70. The molecular formula is C75H51NO2. The second-order valence-electron chi connectivity index (χ2n) is 23.1. The normalized spacial score (nSPS) is 14.2. The van der Waals surface area contributed by atoms with Crippen LogP contribution in [0, 0.1) is 0 Å². The lowest BCUT2D eigenvalue weighted by Gasteiger charge is -2.23. The maximum absolute atomic E-state index is 7.05. The van der Waals surface area contributed by atoms with Crippen molar-refractivity contribution in [1.82, 2.24) is 4.57 Å². The highest BCUT2D eigenvalue weighted by Gasteiger charge is 2.41. The van der Waals surface area contributed by atoms with Crippen LogP contribution in [0.5, 0.6) is 0 Å². The highest BCUT2D eigenvalue weighted by atomic mass is 16.3. The summed E-state index contributed by atoms with van der Waals surface area (Å²) in [6.07, 6.45) is 0. The lowest BCUT2D eigenvalue weighted by Crippen LogP contribution is -2.15. The Hall–Kier alpha value is -9.44. The van der Waals surface area contributed by atoms with Gasteiger partial charge in [0, 0.05) is 83.5 Å². The average molecular weight is 998 g/mol. The molecule has 15 aromatic rings. The molecule has 0 spiro atoms. The minimum atomic E-state index is -0.282. The monoisotopic (exact) mass is 997 g/mol. The van der Waals surface area contributed by atoms with Gasteiger partial charge in [0.05, 0.1) is 0 Å². The van der Waals surface area contributed by atoms with Crippen LogP contribution in [0.2, 0.25) is 0 Å². The smallest absolute Gasteiger partial charge is 0.143 e. The number of benzene rings is 12. The third-order valence-electron chi connectivity index (χ3n) is 18.4. The van der Waals surface area contributed by atoms with E-state index in [9.17, 15) is 0 Å². The van der Waals surface area contributed by atoms with E-state index in [0.717, 1.165) is 77.3 Å². The number of aryl methyl sites for hydroxylation is 1. The third-order valence-corrected chi connectivity index (χ3v) is 18.4. The van der Waals surface area contributed by atoms with Gasteiger partial charge >= 0.3 is 0 Å². The molecule has 12 aromatic carbocycles. The molecule has 0 fully saturated rings. The van der Waals surface area contributed by atoms with E-state index in [2.05, 4.69) is 258 Å². The van der Waals surface area contributed by atoms with Gasteiger partial charge in [0.2, 0.25) is 0 Å². The van der Waals surface area contributed by atoms with Gasteiger partial charge in [-0.25, -0.2) is 0 Å². The van der Waals surface area contributed by atoms with Gasteiger partial charge in [0.1, 0.15) is 22.3 Å². The Morgan fingerprint density at radius 1 is 0.269 bits per heavy atom. The molecule has 2 aliphatic rings. The summed E-state index contributed by atoms with van der Waals surface area (Å²) >= 11 is 0. The van der Waals surface area contributed by atoms with E-state index in [4.69, 9.17) is 8.83 Å². The summed E-state index contributed by atoms with van der Waals surface area (Å²) in [5.41, 5.74) is 25.5. The largest absolute Gasteiger partial charge is 0.455 e. The van der Waals surface area contributed by atoms with Crippen LogP contribution in [0.15, 0.2) is 227 Å². The van der Waals surface area contributed by atoms with Gasteiger partial charge in [0.25, 0.3) is 0 Å². The highest BCUT2D eigenvalue weighted by molar-refractivity contribution is 6.21. The predicted octanol–water partition coefficient (Wildman–Crippen LogP) is 20.7. The maximum atomic E-state index is 7.05. The van der Waals surface area contributed by atoms with Crippen molar-refractivity contribution >= 4 is 87.2 Å². The summed E-state index contributed by atoms with van der Waals surface area (Å²) in [6, 6.07) is 80.7. The Morgan fingerprint density at radius 2 is 0.603 bits per heavy atom. The Bertz CT molecular complexity index is 4820. The quantitative estimate of drug-likeness (QED) is 0.176. The Balaban J connectivity index is 0.831. The molecule has 0 aliphatic heterocycles. The molecule has 3 heterocycles. The molecule has 0 N–H and O–H groups in total. The van der Waals surface area contributed by atoms with Crippen molar-refractivity contribution < 1.29 is 8.83 Å². The highest BCUT2D eigenvalue weighted by Crippen LogP contribution is 2.58. The van der Waals surface area contributed by atoms with Gasteiger partial charge in [-0.3, -0.25) is 0 Å². The maximum Gasteiger partial charge on any atom is 0.143 e. The topological polar surface area (TPSA) is 31.2 Å². The van der Waals surface area contributed by atoms with Crippen LogP contribution < -0.4 is 0 Å². The van der Waals surface area contributed by atoms with Crippen LogP contribution in [-0.4, -0.2) is 4.57 Å². The molecule has 0 saturated carbocycles. The molecular weight excluding hydrogens is 947 g/mol. The van der Waals surface area contributed by atoms with Crippen molar-refractivity contribution in [2.45, 2.75) is 38.5 Å². The predicted molar refractivity (Wildman–Crippen MR) is 327 cm³/mol. The van der Waals surface area contributed by atoms with Gasteiger partial charge in [-0.15, -0.1) is 0 Å². The van der Waals surface area contributed by atoms with E-state index >= 15 is 0 Å². The first-order chi connectivity index (χ1) is 38.1. The van der Waals surface area contributed by atoms with Crippen LogP contribution >= 0.6 is 0 Å². The molecule has 0 amide bonds. The molecule has 3 heteroatoms. The molecule has 0 saturated heterocycles. The lowest BCUT2D eigenvalue weighted by molar-refractivity contribution is 0.661. The number of nitrogens with zero attached hydrogens (tertiary/aromatic N) is 1. The van der Waals surface area contributed by atoms with Crippen molar-refractivity contribution in [3.8, 4) is 66.8 Å². The fraction of sp³-hybridized carbons (Fsp3) is 0.0933. The van der Waals surface area contributed by atoms with E-state index in [1.54, 1.807) is 0 Å². The number of furan rings is 2. The summed E-state index contributed by atoms with van der Waals surface area (Å²) in [5.74, 6) is 0. The van der Waals surface area contributed by atoms with Gasteiger partial charge in [0.15, 0.2) is 0 Å². The van der Waals surface area contributed by atoms with E-state index in [-0.39, 0.29) is 10.8 Å². The molecule has 0 radical (unpaired) electrons. The molecule has 0 unspecified atom stereocenters. The van der Waals surface area contributed by atoms with E-state index in [1.807, 2.05) is 0 Å². The van der Waals surface area contributed by atoms with Crippen molar-refractivity contribution in [1.29, 1.82) is 0 Å². The Labute approximate surface area is 451 Å². The standard InChI is InChI=1S/C75H51NO2/c1-74(2)62-38-58-59-39-63-61(69-49-27-15-13-25-47(49)57(37-65(69)75(63,3)4)55-35-19-33-53-51-31-17-29-45(71(51)78-73(53)55)43-22-10-7-11-23-43)41-67(59)76(5)66(58)40-60(62)68-48-26-14-12-24-46(48)56(36-64(68)74)54-34-18-32-52-50-30-16-28-44(70(50)77-72(52)54)42-20-8-6-9-21-42/h6-41H,1-5H3. The summed E-state index contributed by atoms with van der Waals surface area (Å²) in [5, 5.41) is 12.1. The Kier molecular flexibility index (Phi) is 8.62. The molecule has 3 nitrogen and oxygen atoms in total. The zero-order valence-corrected chi connectivity index (χ0v) is 44.0. The van der Waals surface area contributed by atoms with E-state index in [1.165, 1.54) is 99.0 Å². The molecule has 17 rings (SSSR count). The second-order valence-corrected chi connectivity index (χ2v) is 23.1. The molecule has 0 atom stereocenters. The fourth-order valence-electron chi connectivity index (χ4n) is 14.5. The second kappa shape index (κ2) is 15.4. The fourth-order valence-corrected chi connectivity index (χ4v) is 14.5. The van der Waals surface area contributed by atoms with Crippen LogP contribution in [0.4, 0.5) is 0 Å². The van der Waals surface area contributed by atoms with Crippen molar-refractivity contribution in [3.63, 3.8) is 0 Å². The minimum absolute atomic E-state index is 0.282. The molecule has 368 valence electrons. The van der Waals surface area contributed by atoms with E-state index < -0.39 is 0 Å². The van der Waals surface area contributed by atoms with Crippen molar-refractivity contribution in [2.24, 2.45) is 7.05 Å². The summed E-state index contributed by atoms with van der Waals surface area (Å²) in [4.78, 5) is 0. The number of rotatable bonds is 4. The van der Waals surface area contributed by atoms with Crippen molar-refractivity contribution in [2.75, 3.05) is 0 Å². The van der Waals surface area contributed by atoms with Gasteiger partial charge in [-0.05, 0) is 125 Å². The number of hydrogen-bond acceptors (Lipinski definition) is 2. The minimum Gasteiger partial charge on any atom is -0.455 e. The number of fused-ring (bicyclic) bond motifs is 19. The molecule has 3 aromatic heterocycles. The summed E-state index contributed by atoms with van der Waals surface area (Å²) in [7, 11) is 2.27. The average Bonchev–Trinajstić information content (AvgIpc) is 3.82. The van der Waals surface area contributed by atoms with Gasteiger partial charge < -0.3 is 13.4 Å². The summed E-state index contributed by atoms with van der Waals surface area (Å²) < 4.78 is 16.6. The van der Waals surface area contributed by atoms with Crippen LogP contribution in [0.1, 0.15) is 49.9 Å². The molecule has 0 bridgehead atoms. The zero-order valence-electron chi connectivity index (χ0n) is 44.0. The third kappa shape index (κ3) is 5.67. The van der Waals surface area contributed by atoms with Gasteiger partial charge in [-0.2, -0.15) is 0 Å². The first-order valence-electron chi connectivity index (χ1n) is 27.4. The SMILES string of the molecule is Cn1c2cc3c(cc2c2cc4c(cc21)-c1c(cc(-c2cccc5c2oc2c(-c6ccccc6)cccc25)c2ccccc12)C4(C)C)C(C)(C)c1cc(-c2cccc4c2oc2c(-c5ccccc5)cccc24)c2ccccc2c1-3. The zero-order chi connectivity index (χ0) is 51.9. The molecule has 2 aliphatic carbocycles. The first-order valence-corrected chi connectivity index (χ1v) is 27.4. The lowest BCUT2D eigenvalue weighted by atomic mass is 9.79. The van der Waals surface area contributed by atoms with Gasteiger partial charge in [-0.1, -0.05) is 210 Å². The van der Waals surface area contributed by atoms with Crippen LogP contribution in [0.25, 0.3) is 154 Å². The number of aromatic nitrogens is 1. The molecule has 78 heavy (non-hydrogen) atoms. The van der Waals surface area contributed by atoms with E-state index in [0.29, 0.717) is 0 Å².